The van der Waals surface area contributed by atoms with Crippen LogP contribution in [0.2, 0.25) is 0 Å². The standard InChI is InChI=1S/C9H12BrN5O2/c1-9(8(11)16,13-4-5-14-15-12)6-2-3-7(10)17-6/h2-3,13H,4-5H2,1H3,(H2,11,16). The molecule has 1 unspecified atom stereocenters. The van der Waals surface area contributed by atoms with Crippen LogP contribution in [-0.2, 0) is 10.3 Å². The first-order chi connectivity index (χ1) is 8.00. The molecule has 1 amide bonds. The fourth-order valence-corrected chi connectivity index (χ4v) is 1.59. The van der Waals surface area contributed by atoms with Crippen LogP contribution in [0, 0.1) is 0 Å². The monoisotopic (exact) mass is 301 g/mol. The molecule has 0 aliphatic heterocycles. The van der Waals surface area contributed by atoms with Gasteiger partial charge in [0.15, 0.2) is 10.2 Å². The summed E-state index contributed by atoms with van der Waals surface area (Å²) in [5, 5.41) is 6.27. The summed E-state index contributed by atoms with van der Waals surface area (Å²) in [6.45, 7) is 2.15. The SMILES string of the molecule is CC(NCCN=[N+]=[N-])(C(N)=O)c1ccc(Br)o1. The van der Waals surface area contributed by atoms with Gasteiger partial charge in [0.05, 0.1) is 0 Å². The number of hydrogen-bond donors (Lipinski definition) is 2. The van der Waals surface area contributed by atoms with Crippen LogP contribution in [0.15, 0.2) is 26.3 Å². The number of carbonyl (C=O) groups is 1. The second-order valence-corrected chi connectivity index (χ2v) is 4.26. The van der Waals surface area contributed by atoms with Crippen molar-refractivity contribution < 1.29 is 9.21 Å². The second kappa shape index (κ2) is 5.72. The minimum Gasteiger partial charge on any atom is -0.452 e. The Balaban J connectivity index is 2.82. The van der Waals surface area contributed by atoms with Crippen LogP contribution in [-0.4, -0.2) is 19.0 Å². The first-order valence-electron chi connectivity index (χ1n) is 4.82. The molecular formula is C9H12BrN5O2. The van der Waals surface area contributed by atoms with Crippen molar-refractivity contribution in [3.63, 3.8) is 0 Å². The number of carbonyl (C=O) groups excluding carboxylic acids is 1. The van der Waals surface area contributed by atoms with E-state index in [4.69, 9.17) is 15.7 Å². The van der Waals surface area contributed by atoms with Gasteiger partial charge in [-0.15, -0.1) is 0 Å². The first kappa shape index (κ1) is 13.6. The average Bonchev–Trinajstić information content (AvgIpc) is 2.71. The summed E-state index contributed by atoms with van der Waals surface area (Å²) in [7, 11) is 0. The van der Waals surface area contributed by atoms with Gasteiger partial charge in [0, 0.05) is 18.0 Å². The highest BCUT2D eigenvalue weighted by Crippen LogP contribution is 2.25. The number of amides is 1. The maximum atomic E-state index is 11.5. The van der Waals surface area contributed by atoms with Gasteiger partial charge in [0.25, 0.3) is 0 Å². The average molecular weight is 302 g/mol. The smallest absolute Gasteiger partial charge is 0.245 e. The molecule has 0 aromatic carbocycles. The maximum Gasteiger partial charge on any atom is 0.245 e. The lowest BCUT2D eigenvalue weighted by molar-refractivity contribution is -0.124. The van der Waals surface area contributed by atoms with Gasteiger partial charge in [0.2, 0.25) is 5.91 Å². The molecule has 0 aliphatic carbocycles. The molecular weight excluding hydrogens is 290 g/mol. The molecule has 92 valence electrons. The number of rotatable bonds is 6. The summed E-state index contributed by atoms with van der Waals surface area (Å²) in [4.78, 5) is 14.1. The predicted octanol–water partition coefficient (Wildman–Crippen LogP) is 1.64. The van der Waals surface area contributed by atoms with Crippen molar-refractivity contribution >= 4 is 21.8 Å². The van der Waals surface area contributed by atoms with Crippen LogP contribution in [0.3, 0.4) is 0 Å². The van der Waals surface area contributed by atoms with Gasteiger partial charge in [-0.05, 0) is 40.5 Å². The molecule has 0 saturated carbocycles. The van der Waals surface area contributed by atoms with Crippen molar-refractivity contribution in [2.75, 3.05) is 13.1 Å². The molecule has 1 atom stereocenters. The Morgan fingerprint density at radius 3 is 2.94 bits per heavy atom. The highest BCUT2D eigenvalue weighted by atomic mass is 79.9. The Labute approximate surface area is 106 Å². The van der Waals surface area contributed by atoms with Crippen molar-refractivity contribution in [1.82, 2.24) is 5.32 Å². The van der Waals surface area contributed by atoms with Crippen LogP contribution >= 0.6 is 15.9 Å². The largest absolute Gasteiger partial charge is 0.452 e. The minimum absolute atomic E-state index is 0.223. The zero-order valence-corrected chi connectivity index (χ0v) is 10.8. The molecule has 8 heteroatoms. The third-order valence-corrected chi connectivity index (χ3v) is 2.74. The summed E-state index contributed by atoms with van der Waals surface area (Å²) < 4.78 is 5.83. The highest BCUT2D eigenvalue weighted by molar-refractivity contribution is 9.10. The van der Waals surface area contributed by atoms with Crippen LogP contribution in [0.5, 0.6) is 0 Å². The van der Waals surface area contributed by atoms with E-state index in [1.165, 1.54) is 0 Å². The Hall–Kier alpha value is -1.50. The van der Waals surface area contributed by atoms with Gasteiger partial charge in [0.1, 0.15) is 5.76 Å². The number of halogens is 1. The van der Waals surface area contributed by atoms with Crippen molar-refractivity contribution in [3.05, 3.63) is 33.0 Å². The lowest BCUT2D eigenvalue weighted by Gasteiger charge is -2.24. The van der Waals surface area contributed by atoms with Crippen molar-refractivity contribution in [2.45, 2.75) is 12.5 Å². The topological polar surface area (TPSA) is 117 Å². The lowest BCUT2D eigenvalue weighted by atomic mass is 9.98. The summed E-state index contributed by atoms with van der Waals surface area (Å²) >= 11 is 3.15. The third-order valence-electron chi connectivity index (χ3n) is 2.31. The molecule has 0 radical (unpaired) electrons. The second-order valence-electron chi connectivity index (χ2n) is 3.47. The summed E-state index contributed by atoms with van der Waals surface area (Å²) in [5.41, 5.74) is 12.4. The molecule has 0 aliphatic rings. The number of hydrogen-bond acceptors (Lipinski definition) is 4. The van der Waals surface area contributed by atoms with E-state index < -0.39 is 11.4 Å². The zero-order chi connectivity index (χ0) is 12.9. The van der Waals surface area contributed by atoms with Gasteiger partial charge >= 0.3 is 0 Å². The van der Waals surface area contributed by atoms with Gasteiger partial charge < -0.3 is 10.2 Å². The number of primary amides is 1. The number of azide groups is 1. The van der Waals surface area contributed by atoms with E-state index in [1.54, 1.807) is 19.1 Å². The van der Waals surface area contributed by atoms with E-state index in [9.17, 15) is 4.79 Å². The number of furan rings is 1. The van der Waals surface area contributed by atoms with Crippen LogP contribution in [0.25, 0.3) is 10.4 Å². The van der Waals surface area contributed by atoms with Crippen LogP contribution < -0.4 is 11.1 Å². The van der Waals surface area contributed by atoms with Gasteiger partial charge in [-0.2, -0.15) is 0 Å². The molecule has 1 aromatic heterocycles. The van der Waals surface area contributed by atoms with Gasteiger partial charge in [-0.3, -0.25) is 10.1 Å². The fourth-order valence-electron chi connectivity index (χ4n) is 1.28. The molecule has 0 bridgehead atoms. The molecule has 17 heavy (non-hydrogen) atoms. The summed E-state index contributed by atoms with van der Waals surface area (Å²) in [5.74, 6) is -0.168. The molecule has 1 heterocycles. The Bertz CT molecular complexity index is 454. The Morgan fingerprint density at radius 1 is 1.76 bits per heavy atom. The molecule has 3 N–H and O–H groups in total. The normalized spacial score (nSPS) is 13.8. The lowest BCUT2D eigenvalue weighted by Crippen LogP contribution is -2.50. The van der Waals surface area contributed by atoms with Crippen LogP contribution in [0.1, 0.15) is 12.7 Å². The Morgan fingerprint density at radius 2 is 2.47 bits per heavy atom. The summed E-state index contributed by atoms with van der Waals surface area (Å²) in [6, 6.07) is 3.32. The fraction of sp³-hybridized carbons (Fsp3) is 0.444. The van der Waals surface area contributed by atoms with E-state index in [1.807, 2.05) is 0 Å². The first-order valence-corrected chi connectivity index (χ1v) is 5.61. The van der Waals surface area contributed by atoms with Gasteiger partial charge in [-0.1, -0.05) is 5.11 Å². The minimum atomic E-state index is -1.13. The molecule has 1 rings (SSSR count). The number of nitrogens with one attached hydrogen (secondary N) is 1. The van der Waals surface area contributed by atoms with Crippen LogP contribution in [0.4, 0.5) is 0 Å². The van der Waals surface area contributed by atoms with Crippen molar-refractivity contribution in [3.8, 4) is 0 Å². The van der Waals surface area contributed by atoms with E-state index >= 15 is 0 Å². The molecule has 1 aromatic rings. The van der Waals surface area contributed by atoms with E-state index in [0.29, 0.717) is 17.0 Å². The molecule has 0 saturated heterocycles. The predicted molar refractivity (Wildman–Crippen MR) is 65.0 cm³/mol. The maximum absolute atomic E-state index is 11.5. The van der Waals surface area contributed by atoms with Crippen molar-refractivity contribution in [2.24, 2.45) is 10.8 Å². The van der Waals surface area contributed by atoms with E-state index in [0.717, 1.165) is 0 Å². The third kappa shape index (κ3) is 3.23. The van der Waals surface area contributed by atoms with E-state index in [2.05, 4.69) is 31.3 Å². The van der Waals surface area contributed by atoms with E-state index in [-0.39, 0.29) is 6.54 Å². The number of nitrogens with zero attached hydrogens (tertiary/aromatic N) is 3. The van der Waals surface area contributed by atoms with Crippen molar-refractivity contribution in [1.29, 1.82) is 0 Å². The zero-order valence-electron chi connectivity index (χ0n) is 9.18. The molecule has 7 nitrogen and oxygen atoms in total. The Kier molecular flexibility index (Phi) is 4.56. The molecule has 0 spiro atoms. The van der Waals surface area contributed by atoms with Gasteiger partial charge in [-0.25, -0.2) is 0 Å². The summed E-state index contributed by atoms with van der Waals surface area (Å²) in [6.07, 6.45) is 0. The number of nitrogens with two attached hydrogens (primary N) is 1. The molecule has 0 fully saturated rings. The quantitative estimate of drug-likeness (QED) is 0.360. The highest BCUT2D eigenvalue weighted by Gasteiger charge is 2.35.